The number of cyclic esters (lactones) is 1. The highest BCUT2D eigenvalue weighted by molar-refractivity contribution is 6.08. The largest absolute Gasteiger partial charge is 0.455 e. The van der Waals surface area contributed by atoms with Crippen LogP contribution >= 0.6 is 0 Å². The number of methoxy groups -OCH3 is 1. The first kappa shape index (κ1) is 46.5. The van der Waals surface area contributed by atoms with Crippen molar-refractivity contribution in [2.75, 3.05) is 33.5 Å². The Bertz CT molecular complexity index is 1970. The summed E-state index contributed by atoms with van der Waals surface area (Å²) < 4.78 is 48.7. The standard InChI is InChI=1S/C41H59FN8O10/c1-12-29-41(8)32(50(38(55)60-41)18-14-13-17-49-21-27(46-47-49)26-15-16-44-37(43)45-26)24(4)30(51)22(2)20-39(6,56-11)34(25(5)33(53)40(7,42)36(54)58-29)59-35-31(52)28(48(9)10)19-23(3)57-35/h15-16,21-25,28-29,31-32,34-35,52H,12,17-20H2,1-11H3,(H2,43,44,45)/t22-,23-,24+,25+,28?,29-,31?,32-,34-,35+,39-,40+,41-/m1/s1. The molecule has 5 rings (SSSR count). The van der Waals surface area contributed by atoms with Crippen LogP contribution in [0.15, 0.2) is 18.5 Å². The summed E-state index contributed by atoms with van der Waals surface area (Å²) in [6.45, 7) is 12.1. The molecule has 0 bridgehead atoms. The van der Waals surface area contributed by atoms with Crippen molar-refractivity contribution in [3.05, 3.63) is 18.5 Å². The average Bonchev–Trinajstić information content (AvgIpc) is 3.78. The van der Waals surface area contributed by atoms with Crippen LogP contribution in [0.5, 0.6) is 0 Å². The number of hydrogen-bond acceptors (Lipinski definition) is 16. The first-order chi connectivity index (χ1) is 28.1. The Kier molecular flexibility index (Phi) is 14.1. The van der Waals surface area contributed by atoms with Crippen molar-refractivity contribution >= 4 is 29.6 Å². The van der Waals surface area contributed by atoms with Gasteiger partial charge in [-0.3, -0.25) is 14.5 Å². The van der Waals surface area contributed by atoms with Crippen LogP contribution in [0.2, 0.25) is 0 Å². The van der Waals surface area contributed by atoms with Gasteiger partial charge in [0.25, 0.3) is 5.67 Å². The highest BCUT2D eigenvalue weighted by atomic mass is 19.1. The number of esters is 1. The summed E-state index contributed by atoms with van der Waals surface area (Å²) in [4.78, 5) is 67.7. The summed E-state index contributed by atoms with van der Waals surface area (Å²) in [6, 6.07) is 0.193. The van der Waals surface area contributed by atoms with Crippen LogP contribution in [0, 0.1) is 29.6 Å². The van der Waals surface area contributed by atoms with Crippen LogP contribution < -0.4 is 5.73 Å². The molecule has 0 aromatic carbocycles. The Balaban J connectivity index is 1.49. The number of halogens is 1. The molecule has 60 heavy (non-hydrogen) atoms. The number of ether oxygens (including phenoxy) is 5. The maximum Gasteiger partial charge on any atom is 0.411 e. The Morgan fingerprint density at radius 2 is 1.75 bits per heavy atom. The van der Waals surface area contributed by atoms with Crippen LogP contribution in [0.1, 0.15) is 74.7 Å². The molecular formula is C41H59FN8O10. The van der Waals surface area contributed by atoms with E-state index in [9.17, 15) is 24.3 Å². The number of nitrogens with zero attached hydrogens (tertiary/aromatic N) is 7. The number of Topliss-reactive ketones (excluding diaryl/α,β-unsaturated/α-hetero) is 2. The van der Waals surface area contributed by atoms with Crippen LogP contribution in [-0.2, 0) is 44.6 Å². The number of aromatic nitrogens is 5. The number of aliphatic hydroxyl groups excluding tert-OH is 1. The van der Waals surface area contributed by atoms with Gasteiger partial charge in [-0.25, -0.2) is 28.6 Å². The summed E-state index contributed by atoms with van der Waals surface area (Å²) in [5.41, 5.74) is 0.224. The highest BCUT2D eigenvalue weighted by Crippen LogP contribution is 2.43. The molecule has 2 aromatic rings. The first-order valence-electron chi connectivity index (χ1n) is 20.2. The van der Waals surface area contributed by atoms with Gasteiger partial charge in [-0.1, -0.05) is 44.7 Å². The van der Waals surface area contributed by atoms with E-state index in [1.54, 1.807) is 40.0 Å². The third-order valence-corrected chi connectivity index (χ3v) is 12.3. The Hall–Kier alpha value is -4.61. The van der Waals surface area contributed by atoms with Gasteiger partial charge in [-0.15, -0.1) is 5.10 Å². The lowest BCUT2D eigenvalue weighted by Gasteiger charge is -2.47. The molecule has 0 spiro atoms. The average molecular weight is 843 g/mol. The van der Waals surface area contributed by atoms with E-state index in [-0.39, 0.29) is 49.8 Å². The SMILES string of the molecule is CC[C@H]1OC(=O)[C@@](C)(F)C(=O)[C@H](C)[C@@H](O[C@@H]2O[C@H](C)CC(N(C)C)C2O)[C@](C)(OC)C[C@@H](C)C(=O)[C@H](C)[C@H]2N(CC#CCn3cc(-c4ccnc(N)n4)nn3)C(=O)O[C@]12C. The summed E-state index contributed by atoms with van der Waals surface area (Å²) >= 11 is 0. The van der Waals surface area contributed by atoms with E-state index >= 15 is 4.39 Å². The van der Waals surface area contributed by atoms with Crippen LogP contribution in [0.25, 0.3) is 11.4 Å². The fourth-order valence-corrected chi connectivity index (χ4v) is 8.93. The zero-order chi connectivity index (χ0) is 44.5. The highest BCUT2D eigenvalue weighted by Gasteiger charge is 2.61. The van der Waals surface area contributed by atoms with E-state index < -0.39 is 83.1 Å². The van der Waals surface area contributed by atoms with E-state index in [1.807, 2.05) is 25.9 Å². The molecule has 3 aliphatic heterocycles. The second-order valence-corrected chi connectivity index (χ2v) is 17.0. The second kappa shape index (κ2) is 18.2. The van der Waals surface area contributed by atoms with Gasteiger partial charge < -0.3 is 39.4 Å². The maximum atomic E-state index is 16.9. The summed E-state index contributed by atoms with van der Waals surface area (Å²) in [5, 5.41) is 19.6. The van der Waals surface area contributed by atoms with Crippen LogP contribution in [-0.4, -0.2) is 151 Å². The number of fused-ring (bicyclic) bond motifs is 1. The topological polar surface area (TPSA) is 224 Å². The van der Waals surface area contributed by atoms with E-state index in [4.69, 9.17) is 29.4 Å². The lowest BCUT2D eigenvalue weighted by Crippen LogP contribution is -2.61. The predicted molar refractivity (Wildman–Crippen MR) is 213 cm³/mol. The molecule has 5 heterocycles. The summed E-state index contributed by atoms with van der Waals surface area (Å²) in [5.74, 6) is -0.114. The number of carbonyl (C=O) groups excluding carboxylic acids is 4. The zero-order valence-corrected chi connectivity index (χ0v) is 36.2. The number of likely N-dealkylation sites (N-methyl/N-ethyl adjacent to an activating group) is 1. The third-order valence-electron chi connectivity index (χ3n) is 12.3. The van der Waals surface area contributed by atoms with Crippen molar-refractivity contribution in [2.24, 2.45) is 17.8 Å². The summed E-state index contributed by atoms with van der Waals surface area (Å²) in [6.07, 6.45) is -2.67. The van der Waals surface area contributed by atoms with Crippen LogP contribution in [0.4, 0.5) is 15.1 Å². The normalized spacial score (nSPS) is 36.9. The molecule has 0 aliphatic carbocycles. The summed E-state index contributed by atoms with van der Waals surface area (Å²) in [7, 11) is 5.00. The molecule has 0 radical (unpaired) electrons. The number of alkyl halides is 1. The van der Waals surface area contributed by atoms with Crippen molar-refractivity contribution in [1.29, 1.82) is 0 Å². The minimum absolute atomic E-state index is 0.0318. The molecule has 330 valence electrons. The van der Waals surface area contributed by atoms with Crippen molar-refractivity contribution in [3.8, 4) is 23.2 Å². The number of ketones is 2. The monoisotopic (exact) mass is 842 g/mol. The molecule has 3 fully saturated rings. The smallest absolute Gasteiger partial charge is 0.411 e. The van der Waals surface area contributed by atoms with Crippen molar-refractivity contribution < 1.29 is 52.4 Å². The molecule has 18 nitrogen and oxygen atoms in total. The lowest BCUT2D eigenvalue weighted by molar-refractivity contribution is -0.295. The van der Waals surface area contributed by atoms with Gasteiger partial charge in [0.05, 0.1) is 42.3 Å². The van der Waals surface area contributed by atoms with Gasteiger partial charge in [0.2, 0.25) is 5.95 Å². The van der Waals surface area contributed by atoms with E-state index in [1.165, 1.54) is 36.7 Å². The van der Waals surface area contributed by atoms with E-state index in [2.05, 4.69) is 32.1 Å². The van der Waals surface area contributed by atoms with Gasteiger partial charge in [-0.2, -0.15) is 0 Å². The number of nitrogen functional groups attached to an aromatic ring is 1. The lowest BCUT2D eigenvalue weighted by atomic mass is 9.73. The number of hydrogen-bond donors (Lipinski definition) is 2. The van der Waals surface area contributed by atoms with E-state index in [0.717, 1.165) is 6.92 Å². The molecule has 2 aromatic heterocycles. The molecular weight excluding hydrogens is 783 g/mol. The molecule has 0 saturated carbocycles. The zero-order valence-electron chi connectivity index (χ0n) is 36.2. The fraction of sp³-hybridized carbons (Fsp3) is 0.707. The van der Waals surface area contributed by atoms with Gasteiger partial charge in [0, 0.05) is 37.1 Å². The Morgan fingerprint density at radius 3 is 2.38 bits per heavy atom. The van der Waals surface area contributed by atoms with Gasteiger partial charge in [0.15, 0.2) is 17.7 Å². The number of amides is 1. The minimum Gasteiger partial charge on any atom is -0.455 e. The number of nitrogens with two attached hydrogens (primary N) is 1. The molecule has 13 atom stereocenters. The number of carbonyl (C=O) groups is 4. The Morgan fingerprint density at radius 1 is 1.07 bits per heavy atom. The van der Waals surface area contributed by atoms with Crippen molar-refractivity contribution in [2.45, 2.75) is 141 Å². The third kappa shape index (κ3) is 9.17. The predicted octanol–water partition coefficient (Wildman–Crippen LogP) is 2.62. The van der Waals surface area contributed by atoms with Crippen LogP contribution in [0.3, 0.4) is 0 Å². The van der Waals surface area contributed by atoms with Gasteiger partial charge in [0.1, 0.15) is 30.2 Å². The molecule has 3 aliphatic rings. The Labute approximate surface area is 350 Å². The van der Waals surface area contributed by atoms with E-state index in [0.29, 0.717) is 17.8 Å². The number of anilines is 1. The van der Waals surface area contributed by atoms with Gasteiger partial charge >= 0.3 is 12.1 Å². The van der Waals surface area contributed by atoms with Gasteiger partial charge in [-0.05, 0) is 67.1 Å². The van der Waals surface area contributed by atoms with Crippen molar-refractivity contribution in [1.82, 2.24) is 34.8 Å². The number of aliphatic hydroxyl groups is 1. The maximum absolute atomic E-state index is 16.9. The molecule has 2 unspecified atom stereocenters. The molecule has 3 saturated heterocycles. The first-order valence-corrected chi connectivity index (χ1v) is 20.2. The molecule has 3 N–H and O–H groups in total. The number of rotatable bonds is 8. The van der Waals surface area contributed by atoms with Crippen molar-refractivity contribution in [3.63, 3.8) is 0 Å². The minimum atomic E-state index is -3.22. The fourth-order valence-electron chi connectivity index (χ4n) is 8.93. The quantitative estimate of drug-likeness (QED) is 0.221. The molecule has 1 amide bonds. The second-order valence-electron chi connectivity index (χ2n) is 17.0. The molecule has 19 heteroatoms.